The first-order valence-electron chi connectivity index (χ1n) is 6.74. The minimum atomic E-state index is 0.0500. The zero-order valence-electron chi connectivity index (χ0n) is 10.8. The molecule has 1 N–H and O–H groups in total. The molecule has 0 aromatic heterocycles. The van der Waals surface area contributed by atoms with Crippen molar-refractivity contribution in [2.75, 3.05) is 0 Å². The molecule has 0 bridgehead atoms. The third kappa shape index (κ3) is 3.35. The summed E-state index contributed by atoms with van der Waals surface area (Å²) in [7, 11) is 0. The molecule has 2 rings (SSSR count). The second-order valence-corrected chi connectivity index (χ2v) is 6.11. The molecule has 2 atom stereocenters. The highest BCUT2D eigenvalue weighted by Gasteiger charge is 2.24. The Labute approximate surface area is 117 Å². The van der Waals surface area contributed by atoms with Gasteiger partial charge in [0.1, 0.15) is 0 Å². The van der Waals surface area contributed by atoms with Gasteiger partial charge in [-0.1, -0.05) is 47.8 Å². The molecule has 1 saturated carbocycles. The summed E-state index contributed by atoms with van der Waals surface area (Å²) >= 11 is 3.66. The van der Waals surface area contributed by atoms with Crippen LogP contribution < -0.4 is 5.32 Å². The zero-order valence-corrected chi connectivity index (χ0v) is 12.4. The Balaban J connectivity index is 1.97. The van der Waals surface area contributed by atoms with Crippen molar-refractivity contribution in [2.45, 2.75) is 49.9 Å². The smallest absolute Gasteiger partial charge is 0.251 e. The second kappa shape index (κ2) is 6.37. The predicted octanol–water partition coefficient (Wildman–Crippen LogP) is 3.68. The summed E-state index contributed by atoms with van der Waals surface area (Å²) in [6.45, 7) is 2.12. The van der Waals surface area contributed by atoms with E-state index in [1.54, 1.807) is 0 Å². The first-order valence-corrected chi connectivity index (χ1v) is 7.66. The van der Waals surface area contributed by atoms with E-state index in [1.165, 1.54) is 18.4 Å². The lowest BCUT2D eigenvalue weighted by Gasteiger charge is -2.28. The highest BCUT2D eigenvalue weighted by Crippen LogP contribution is 2.24. The maximum atomic E-state index is 12.1. The van der Waals surface area contributed by atoms with E-state index in [2.05, 4.69) is 28.2 Å². The van der Waals surface area contributed by atoms with Crippen molar-refractivity contribution in [1.82, 2.24) is 5.32 Å². The molecule has 2 unspecified atom stereocenters. The lowest BCUT2D eigenvalue weighted by Crippen LogP contribution is -2.42. The highest BCUT2D eigenvalue weighted by atomic mass is 79.9. The van der Waals surface area contributed by atoms with Crippen molar-refractivity contribution in [3.8, 4) is 0 Å². The third-order valence-corrected chi connectivity index (χ3v) is 4.72. The quantitative estimate of drug-likeness (QED) is 0.848. The lowest BCUT2D eigenvalue weighted by molar-refractivity contribution is 0.0930. The van der Waals surface area contributed by atoms with E-state index in [-0.39, 0.29) is 11.9 Å². The number of benzene rings is 1. The molecule has 0 aliphatic heterocycles. The maximum absolute atomic E-state index is 12.1. The average molecular weight is 310 g/mol. The van der Waals surface area contributed by atoms with Crippen LogP contribution in [-0.4, -0.2) is 16.8 Å². The van der Waals surface area contributed by atoms with Gasteiger partial charge >= 0.3 is 0 Å². The monoisotopic (exact) mass is 309 g/mol. The van der Waals surface area contributed by atoms with Crippen LogP contribution in [-0.2, 0) is 6.42 Å². The van der Waals surface area contributed by atoms with E-state index in [0.29, 0.717) is 4.83 Å². The molecular weight excluding hydrogens is 290 g/mol. The molecule has 0 spiro atoms. The number of aryl methyl sites for hydroxylation is 1. The Morgan fingerprint density at radius 3 is 2.56 bits per heavy atom. The number of carbonyl (C=O) groups excluding carboxylic acids is 1. The number of hydrogen-bond acceptors (Lipinski definition) is 1. The van der Waals surface area contributed by atoms with Crippen LogP contribution in [0, 0.1) is 0 Å². The van der Waals surface area contributed by atoms with Crippen LogP contribution in [0.1, 0.15) is 48.5 Å². The fraction of sp³-hybridized carbons (Fsp3) is 0.533. The molecule has 2 nitrogen and oxygen atoms in total. The minimum absolute atomic E-state index is 0.0500. The number of amides is 1. The standard InChI is InChI=1S/C15H20BrNO/c1-2-11-7-9-12(10-8-11)15(18)17-14-6-4-3-5-13(14)16/h7-10,13-14H,2-6H2,1H3,(H,17,18). The molecule has 0 heterocycles. The second-order valence-electron chi connectivity index (χ2n) is 4.93. The Hall–Kier alpha value is -0.830. The molecule has 1 aliphatic carbocycles. The molecule has 1 aromatic carbocycles. The number of alkyl halides is 1. The summed E-state index contributed by atoms with van der Waals surface area (Å²) in [6.07, 6.45) is 5.71. The van der Waals surface area contributed by atoms with Crippen LogP contribution in [0.5, 0.6) is 0 Å². The zero-order chi connectivity index (χ0) is 13.0. The van der Waals surface area contributed by atoms with Gasteiger partial charge in [0, 0.05) is 16.4 Å². The van der Waals surface area contributed by atoms with Gasteiger partial charge in [-0.3, -0.25) is 4.79 Å². The summed E-state index contributed by atoms with van der Waals surface area (Å²) < 4.78 is 0. The molecule has 1 fully saturated rings. The molecule has 1 aliphatic rings. The van der Waals surface area contributed by atoms with Gasteiger partial charge in [0.25, 0.3) is 5.91 Å². The minimum Gasteiger partial charge on any atom is -0.348 e. The molecule has 1 amide bonds. The summed E-state index contributed by atoms with van der Waals surface area (Å²) in [5, 5.41) is 3.14. The van der Waals surface area contributed by atoms with Crippen LogP contribution in [0.25, 0.3) is 0 Å². The largest absolute Gasteiger partial charge is 0.348 e. The number of nitrogens with one attached hydrogen (secondary N) is 1. The lowest BCUT2D eigenvalue weighted by atomic mass is 9.95. The molecule has 0 radical (unpaired) electrons. The predicted molar refractivity (Wildman–Crippen MR) is 78.3 cm³/mol. The normalized spacial score (nSPS) is 23.7. The van der Waals surface area contributed by atoms with E-state index < -0.39 is 0 Å². The Morgan fingerprint density at radius 1 is 1.28 bits per heavy atom. The van der Waals surface area contributed by atoms with Gasteiger partial charge in [0.2, 0.25) is 0 Å². The van der Waals surface area contributed by atoms with Gasteiger partial charge in [-0.05, 0) is 37.0 Å². The molecule has 18 heavy (non-hydrogen) atoms. The van der Waals surface area contributed by atoms with E-state index in [4.69, 9.17) is 0 Å². The number of hydrogen-bond donors (Lipinski definition) is 1. The number of carbonyl (C=O) groups is 1. The van der Waals surface area contributed by atoms with E-state index in [1.807, 2.05) is 24.3 Å². The summed E-state index contributed by atoms with van der Waals surface area (Å²) in [4.78, 5) is 12.5. The SMILES string of the molecule is CCc1ccc(C(=O)NC2CCCCC2Br)cc1. The first kappa shape index (κ1) is 13.6. The highest BCUT2D eigenvalue weighted by molar-refractivity contribution is 9.09. The molecule has 3 heteroatoms. The molecule has 0 saturated heterocycles. The maximum Gasteiger partial charge on any atom is 0.251 e. The van der Waals surface area contributed by atoms with Crippen LogP contribution >= 0.6 is 15.9 Å². The Bertz CT molecular complexity index is 401. The van der Waals surface area contributed by atoms with Crippen LogP contribution in [0.2, 0.25) is 0 Å². The summed E-state index contributed by atoms with van der Waals surface area (Å²) in [5.74, 6) is 0.0500. The number of halogens is 1. The van der Waals surface area contributed by atoms with Crippen molar-refractivity contribution in [3.05, 3.63) is 35.4 Å². The van der Waals surface area contributed by atoms with Gasteiger partial charge in [-0.15, -0.1) is 0 Å². The van der Waals surface area contributed by atoms with Crippen molar-refractivity contribution < 1.29 is 4.79 Å². The fourth-order valence-electron chi connectivity index (χ4n) is 2.39. The van der Waals surface area contributed by atoms with E-state index >= 15 is 0 Å². The van der Waals surface area contributed by atoms with Gasteiger partial charge in [0.15, 0.2) is 0 Å². The van der Waals surface area contributed by atoms with Gasteiger partial charge in [0.05, 0.1) is 0 Å². The molecule has 98 valence electrons. The Morgan fingerprint density at radius 2 is 1.94 bits per heavy atom. The van der Waals surface area contributed by atoms with Gasteiger partial charge in [-0.2, -0.15) is 0 Å². The van der Waals surface area contributed by atoms with Gasteiger partial charge in [-0.25, -0.2) is 0 Å². The van der Waals surface area contributed by atoms with E-state index in [9.17, 15) is 4.79 Å². The summed E-state index contributed by atoms with van der Waals surface area (Å²) in [5.41, 5.74) is 2.03. The van der Waals surface area contributed by atoms with E-state index in [0.717, 1.165) is 24.8 Å². The van der Waals surface area contributed by atoms with Crippen LogP contribution in [0.4, 0.5) is 0 Å². The first-order chi connectivity index (χ1) is 8.70. The van der Waals surface area contributed by atoms with Crippen molar-refractivity contribution in [2.24, 2.45) is 0 Å². The number of rotatable bonds is 3. The van der Waals surface area contributed by atoms with Gasteiger partial charge < -0.3 is 5.32 Å². The fourth-order valence-corrected chi connectivity index (χ4v) is 3.11. The molecular formula is C15H20BrNO. The third-order valence-electron chi connectivity index (χ3n) is 3.62. The van der Waals surface area contributed by atoms with Crippen LogP contribution in [0.15, 0.2) is 24.3 Å². The van der Waals surface area contributed by atoms with Crippen molar-refractivity contribution in [1.29, 1.82) is 0 Å². The molecule has 1 aromatic rings. The average Bonchev–Trinajstić information content (AvgIpc) is 2.41. The summed E-state index contributed by atoms with van der Waals surface area (Å²) in [6, 6.07) is 8.17. The van der Waals surface area contributed by atoms with Crippen molar-refractivity contribution in [3.63, 3.8) is 0 Å². The van der Waals surface area contributed by atoms with Crippen molar-refractivity contribution >= 4 is 21.8 Å². The topological polar surface area (TPSA) is 29.1 Å². The Kier molecular flexibility index (Phi) is 4.81. The van der Waals surface area contributed by atoms with Crippen LogP contribution in [0.3, 0.4) is 0 Å².